The van der Waals surface area contributed by atoms with E-state index in [1.54, 1.807) is 0 Å². The standard InChI is InChI=1S/B.ClH.3FH.H2O3S/c;;;;;1-4(2)3/h;4*1H;(H2,1,2,3)/p-1. The first-order valence-electron chi connectivity index (χ1n) is 0.516. The summed E-state index contributed by atoms with van der Waals surface area (Å²) in [5.74, 6) is 0. The Morgan fingerprint density at radius 1 is 1.22 bits per heavy atom. The van der Waals surface area contributed by atoms with E-state index in [1.165, 1.54) is 0 Å². The van der Waals surface area contributed by atoms with Crippen molar-refractivity contribution in [1.82, 2.24) is 0 Å². The summed E-state index contributed by atoms with van der Waals surface area (Å²) in [6.45, 7) is 0. The van der Waals surface area contributed by atoms with Gasteiger partial charge in [-0.1, -0.05) is 0 Å². The van der Waals surface area contributed by atoms with Crippen LogP contribution >= 0.6 is 12.4 Å². The first-order valence-corrected chi connectivity index (χ1v) is 1.55. The number of hydrogen-bond donors (Lipinski definition) is 1. The van der Waals surface area contributed by atoms with Crippen molar-refractivity contribution < 1.29 is 27.4 Å². The van der Waals surface area contributed by atoms with Crippen LogP contribution in [0.5, 0.6) is 0 Å². The highest BCUT2D eigenvalue weighted by molar-refractivity contribution is 7.73. The van der Waals surface area contributed by atoms with E-state index in [9.17, 15) is 0 Å². The van der Waals surface area contributed by atoms with Crippen molar-refractivity contribution in [3.63, 3.8) is 0 Å². The Morgan fingerprint density at radius 2 is 1.22 bits per heavy atom. The quantitative estimate of drug-likeness (QED) is 0.424. The molecule has 0 aliphatic heterocycles. The van der Waals surface area contributed by atoms with E-state index in [2.05, 4.69) is 0 Å². The molecule has 0 spiro atoms. The third-order valence-corrected chi connectivity index (χ3v) is 0. The minimum absolute atomic E-state index is 0. The Bertz CT molecular complexity index is 42.0. The van der Waals surface area contributed by atoms with Crippen molar-refractivity contribution in [3.05, 3.63) is 0 Å². The lowest BCUT2D eigenvalue weighted by Gasteiger charge is -1.83. The molecule has 0 aromatic rings. The highest BCUT2D eigenvalue weighted by Gasteiger charge is 1.42. The Labute approximate surface area is 60.4 Å². The molecule has 9 heavy (non-hydrogen) atoms. The van der Waals surface area contributed by atoms with Crippen LogP contribution in [0.15, 0.2) is 0 Å². The molecular formula is H5BClF3O3S-. The fourth-order valence-electron chi connectivity index (χ4n) is 0. The van der Waals surface area contributed by atoms with E-state index in [1.807, 2.05) is 0 Å². The van der Waals surface area contributed by atoms with Crippen LogP contribution in [0.3, 0.4) is 0 Å². The minimum atomic E-state index is -2.86. The first-order chi connectivity index (χ1) is 1.73. The molecule has 0 saturated heterocycles. The second-order valence-corrected chi connectivity index (χ2v) is 0.651. The zero-order valence-corrected chi connectivity index (χ0v) is 5.52. The van der Waals surface area contributed by atoms with Crippen molar-refractivity contribution in [2.75, 3.05) is 0 Å². The highest BCUT2D eigenvalue weighted by Crippen LogP contribution is 1.43. The molecule has 0 heterocycles. The summed E-state index contributed by atoms with van der Waals surface area (Å²) >= 11 is -2.86. The van der Waals surface area contributed by atoms with Crippen LogP contribution in [0.2, 0.25) is 0 Å². The van der Waals surface area contributed by atoms with Gasteiger partial charge in [-0.15, -0.1) is 12.4 Å². The summed E-state index contributed by atoms with van der Waals surface area (Å²) < 4.78 is 24.1. The predicted molar refractivity (Wildman–Crippen MR) is 32.1 cm³/mol. The third kappa shape index (κ3) is 6870. The second-order valence-electron chi connectivity index (χ2n) is 0.217. The van der Waals surface area contributed by atoms with E-state index in [-0.39, 0.29) is 34.9 Å². The molecule has 0 aromatic carbocycles. The molecule has 3 radical (unpaired) electrons. The molecule has 0 amide bonds. The lowest BCUT2D eigenvalue weighted by atomic mass is 10.8. The lowest BCUT2D eigenvalue weighted by molar-refractivity contribution is 0.436. The molecule has 0 saturated carbocycles. The molecule has 0 fully saturated rings. The molecule has 0 aromatic heterocycles. The molecule has 61 valence electrons. The van der Waals surface area contributed by atoms with Crippen LogP contribution in [0.25, 0.3) is 0 Å². The largest absolute Gasteiger partial charge is 0.750 e. The fourth-order valence-corrected chi connectivity index (χ4v) is 0. The average Bonchev–Trinajstić information content (AvgIpc) is 0.811. The topological polar surface area (TPSA) is 60.4 Å². The van der Waals surface area contributed by atoms with Gasteiger partial charge in [0.2, 0.25) is 0 Å². The summed E-state index contributed by atoms with van der Waals surface area (Å²) in [6.07, 6.45) is 0. The van der Waals surface area contributed by atoms with Crippen LogP contribution in [0.1, 0.15) is 0 Å². The van der Waals surface area contributed by atoms with Crippen LogP contribution in [-0.4, -0.2) is 21.7 Å². The van der Waals surface area contributed by atoms with Gasteiger partial charge in [-0.05, 0) is 0 Å². The maximum Gasteiger partial charge on any atom is 0.0814 e. The maximum atomic E-state index is 8.56. The van der Waals surface area contributed by atoms with Gasteiger partial charge in [-0.2, -0.15) is 0 Å². The van der Waals surface area contributed by atoms with Crippen molar-refractivity contribution >= 4 is 32.2 Å². The number of halogens is 4. The molecule has 3 nitrogen and oxygen atoms in total. The molecule has 0 bridgehead atoms. The normalized spacial score (nSPS) is 6.89. The zero-order valence-electron chi connectivity index (χ0n) is 3.88. The van der Waals surface area contributed by atoms with Crippen LogP contribution in [0, 0.1) is 0 Å². The predicted octanol–water partition coefficient (Wildman–Crippen LogP) is -0.163. The van der Waals surface area contributed by atoms with Gasteiger partial charge in [0.05, 0.1) is 11.4 Å². The average molecular weight is 188 g/mol. The van der Waals surface area contributed by atoms with Crippen molar-refractivity contribution in [2.24, 2.45) is 0 Å². The van der Waals surface area contributed by atoms with Gasteiger partial charge in [0.25, 0.3) is 0 Å². The second kappa shape index (κ2) is 41.4. The fraction of sp³-hybridized carbons (Fsp3) is 0. The molecule has 1 N–H and O–H groups in total. The Balaban J connectivity index is -0.00000000450. The van der Waals surface area contributed by atoms with Crippen LogP contribution < -0.4 is 0 Å². The SMILES string of the molecule is Cl.F.F.F.O=S([O-])O.[B]. The van der Waals surface area contributed by atoms with Gasteiger partial charge in [0.1, 0.15) is 0 Å². The molecule has 0 aliphatic rings. The van der Waals surface area contributed by atoms with Gasteiger partial charge in [0.15, 0.2) is 0 Å². The Morgan fingerprint density at radius 3 is 1.22 bits per heavy atom. The highest BCUT2D eigenvalue weighted by atomic mass is 35.5. The van der Waals surface area contributed by atoms with E-state index in [4.69, 9.17) is 13.3 Å². The summed E-state index contributed by atoms with van der Waals surface area (Å²) in [6, 6.07) is 0. The maximum absolute atomic E-state index is 8.56. The third-order valence-electron chi connectivity index (χ3n) is 0. The van der Waals surface area contributed by atoms with Gasteiger partial charge in [-0.3, -0.25) is 14.1 Å². The smallest absolute Gasteiger partial charge is 0.0814 e. The Hall–Kier alpha value is 0.215. The molecule has 0 rings (SSSR count). The summed E-state index contributed by atoms with van der Waals surface area (Å²) in [5, 5.41) is 0. The van der Waals surface area contributed by atoms with E-state index in [0.717, 1.165) is 0 Å². The minimum Gasteiger partial charge on any atom is -0.750 e. The summed E-state index contributed by atoms with van der Waals surface area (Å²) in [4.78, 5) is 0. The molecular weight excluding hydrogens is 183 g/mol. The number of hydrogen-bond acceptors (Lipinski definition) is 2. The van der Waals surface area contributed by atoms with Gasteiger partial charge in [-0.25, -0.2) is 4.21 Å². The van der Waals surface area contributed by atoms with Crippen LogP contribution in [-0.2, 0) is 11.4 Å². The summed E-state index contributed by atoms with van der Waals surface area (Å²) in [7, 11) is 0. The molecule has 1 atom stereocenters. The van der Waals surface area contributed by atoms with Gasteiger partial charge in [0, 0.05) is 8.41 Å². The van der Waals surface area contributed by atoms with Gasteiger partial charge >= 0.3 is 0 Å². The first kappa shape index (κ1) is 60.2. The van der Waals surface area contributed by atoms with E-state index in [0.29, 0.717) is 0 Å². The summed E-state index contributed by atoms with van der Waals surface area (Å²) in [5.41, 5.74) is 0. The molecule has 1 unspecified atom stereocenters. The lowest BCUT2D eigenvalue weighted by Crippen LogP contribution is -1.75. The Kier molecular flexibility index (Phi) is 277. The van der Waals surface area contributed by atoms with Gasteiger partial charge < -0.3 is 9.11 Å². The number of rotatable bonds is 0. The van der Waals surface area contributed by atoms with E-state index >= 15 is 0 Å². The van der Waals surface area contributed by atoms with Crippen LogP contribution in [0.4, 0.5) is 14.1 Å². The van der Waals surface area contributed by atoms with Crippen molar-refractivity contribution in [2.45, 2.75) is 0 Å². The molecule has 0 aliphatic carbocycles. The van der Waals surface area contributed by atoms with Crippen molar-refractivity contribution in [3.8, 4) is 0 Å². The van der Waals surface area contributed by atoms with E-state index < -0.39 is 11.4 Å². The van der Waals surface area contributed by atoms with Crippen molar-refractivity contribution in [1.29, 1.82) is 0 Å². The zero-order chi connectivity index (χ0) is 3.58. The molecule has 9 heteroatoms. The monoisotopic (exact) mass is 188 g/mol.